The zero-order chi connectivity index (χ0) is 8.97. The predicted molar refractivity (Wildman–Crippen MR) is 42.6 cm³/mol. The second-order valence-electron chi connectivity index (χ2n) is 2.12. The first-order valence-corrected chi connectivity index (χ1v) is 3.57. The molecule has 0 aliphatic heterocycles. The van der Waals surface area contributed by atoms with Crippen molar-refractivity contribution < 1.29 is 9.13 Å². The Labute approximate surface area is 69.7 Å². The third-order valence-corrected chi connectivity index (χ3v) is 1.25. The minimum Gasteiger partial charge on any atom is -0.477 e. The van der Waals surface area contributed by atoms with Crippen LogP contribution >= 0.6 is 0 Å². The molecule has 0 aliphatic rings. The molecule has 0 spiro atoms. The number of hydrogen-bond donors (Lipinski definition) is 1. The smallest absolute Gasteiger partial charge is 0.232 e. The number of pyridine rings is 1. The molecule has 0 saturated heterocycles. The maximum Gasteiger partial charge on any atom is 0.232 e. The minimum atomic E-state index is -0.414. The molecule has 0 atom stereocenters. The van der Waals surface area contributed by atoms with E-state index in [9.17, 15) is 4.39 Å². The number of halogens is 1. The highest BCUT2D eigenvalue weighted by Crippen LogP contribution is 1.99. The molecule has 4 heteroatoms. The van der Waals surface area contributed by atoms with Crippen LogP contribution in [0, 0.1) is 11.2 Å². The average Bonchev–Trinajstić information content (AvgIpc) is 2.06. The molecule has 1 heterocycles. The Kier molecular flexibility index (Phi) is 2.74. The normalized spacial score (nSPS) is 9.50. The van der Waals surface area contributed by atoms with Crippen LogP contribution in [0.3, 0.4) is 0 Å². The van der Waals surface area contributed by atoms with Crippen molar-refractivity contribution in [3.8, 4) is 0 Å². The highest BCUT2D eigenvalue weighted by atomic mass is 19.1. The van der Waals surface area contributed by atoms with E-state index >= 15 is 0 Å². The first-order valence-electron chi connectivity index (χ1n) is 3.57. The summed E-state index contributed by atoms with van der Waals surface area (Å²) in [5.74, 6) is -0.444. The molecule has 12 heavy (non-hydrogen) atoms. The summed E-state index contributed by atoms with van der Waals surface area (Å²) in [5, 5.41) is 7.29. The molecule has 1 aromatic heterocycles. The van der Waals surface area contributed by atoms with E-state index in [1.54, 1.807) is 6.92 Å². The van der Waals surface area contributed by atoms with Crippen LogP contribution in [0.15, 0.2) is 18.3 Å². The van der Waals surface area contributed by atoms with E-state index < -0.39 is 5.82 Å². The Morgan fingerprint density at radius 2 is 2.42 bits per heavy atom. The SMILES string of the molecule is CCOC(=N)c1ccc(F)cn1. The lowest BCUT2D eigenvalue weighted by molar-refractivity contribution is 0.324. The summed E-state index contributed by atoms with van der Waals surface area (Å²) in [4.78, 5) is 3.67. The van der Waals surface area contributed by atoms with Crippen molar-refractivity contribution in [1.82, 2.24) is 4.98 Å². The molecule has 0 fully saturated rings. The van der Waals surface area contributed by atoms with Gasteiger partial charge in [0.1, 0.15) is 11.5 Å². The number of nitrogens with zero attached hydrogens (tertiary/aromatic N) is 1. The van der Waals surface area contributed by atoms with E-state index in [2.05, 4.69) is 4.98 Å². The molecule has 3 nitrogen and oxygen atoms in total. The van der Waals surface area contributed by atoms with Gasteiger partial charge < -0.3 is 4.74 Å². The second-order valence-corrected chi connectivity index (χ2v) is 2.12. The van der Waals surface area contributed by atoms with Gasteiger partial charge in [0, 0.05) is 0 Å². The summed E-state index contributed by atoms with van der Waals surface area (Å²) in [7, 11) is 0. The summed E-state index contributed by atoms with van der Waals surface area (Å²) in [6.07, 6.45) is 1.06. The van der Waals surface area contributed by atoms with Crippen molar-refractivity contribution in [2.24, 2.45) is 0 Å². The van der Waals surface area contributed by atoms with E-state index in [0.29, 0.717) is 12.3 Å². The van der Waals surface area contributed by atoms with Crippen LogP contribution < -0.4 is 0 Å². The zero-order valence-corrected chi connectivity index (χ0v) is 6.67. The van der Waals surface area contributed by atoms with Crippen molar-refractivity contribution in [2.45, 2.75) is 6.92 Å². The first-order chi connectivity index (χ1) is 5.74. The van der Waals surface area contributed by atoms with E-state index in [4.69, 9.17) is 10.1 Å². The number of aromatic nitrogens is 1. The van der Waals surface area contributed by atoms with Gasteiger partial charge in [-0.2, -0.15) is 0 Å². The highest BCUT2D eigenvalue weighted by molar-refractivity contribution is 5.89. The quantitative estimate of drug-likeness (QED) is 0.538. The van der Waals surface area contributed by atoms with Gasteiger partial charge in [-0.15, -0.1) is 0 Å². The van der Waals surface area contributed by atoms with Crippen LogP contribution in [0.25, 0.3) is 0 Å². The monoisotopic (exact) mass is 168 g/mol. The number of nitrogens with one attached hydrogen (secondary N) is 1. The zero-order valence-electron chi connectivity index (χ0n) is 6.67. The molecule has 0 aromatic carbocycles. The van der Waals surface area contributed by atoms with Gasteiger partial charge in [0.05, 0.1) is 12.8 Å². The van der Waals surface area contributed by atoms with Gasteiger partial charge in [-0.3, -0.25) is 5.41 Å². The van der Waals surface area contributed by atoms with E-state index in [-0.39, 0.29) is 5.90 Å². The van der Waals surface area contributed by atoms with Gasteiger partial charge in [-0.1, -0.05) is 0 Å². The Morgan fingerprint density at radius 3 is 2.92 bits per heavy atom. The van der Waals surface area contributed by atoms with Crippen LogP contribution in [0.5, 0.6) is 0 Å². The third-order valence-electron chi connectivity index (χ3n) is 1.25. The fraction of sp³-hybridized carbons (Fsp3) is 0.250. The summed E-state index contributed by atoms with van der Waals surface area (Å²) in [5.41, 5.74) is 0.346. The Hall–Kier alpha value is -1.45. The lowest BCUT2D eigenvalue weighted by atomic mass is 10.3. The number of rotatable bonds is 2. The maximum atomic E-state index is 12.4. The van der Waals surface area contributed by atoms with Crippen molar-refractivity contribution >= 4 is 5.90 Å². The maximum absolute atomic E-state index is 12.4. The third kappa shape index (κ3) is 2.02. The molecule has 0 amide bonds. The van der Waals surface area contributed by atoms with E-state index in [1.165, 1.54) is 12.1 Å². The largest absolute Gasteiger partial charge is 0.477 e. The molecule has 1 rings (SSSR count). The standard InChI is InChI=1S/C8H9FN2O/c1-2-12-8(10)7-4-3-6(9)5-11-7/h3-5,10H,2H2,1H3. The molecule has 1 N–H and O–H groups in total. The average molecular weight is 168 g/mol. The lowest BCUT2D eigenvalue weighted by Crippen LogP contribution is -2.06. The van der Waals surface area contributed by atoms with Crippen molar-refractivity contribution in [2.75, 3.05) is 6.61 Å². The van der Waals surface area contributed by atoms with Gasteiger partial charge in [-0.05, 0) is 19.1 Å². The number of ether oxygens (including phenoxy) is 1. The molecular formula is C8H9FN2O. The fourth-order valence-electron chi connectivity index (χ4n) is 0.728. The van der Waals surface area contributed by atoms with E-state index in [1.807, 2.05) is 0 Å². The van der Waals surface area contributed by atoms with Gasteiger partial charge >= 0.3 is 0 Å². The molecule has 0 unspecified atom stereocenters. The summed E-state index contributed by atoms with van der Waals surface area (Å²) in [6.45, 7) is 2.19. The first kappa shape index (κ1) is 8.64. The molecular weight excluding hydrogens is 159 g/mol. The van der Waals surface area contributed by atoms with Crippen LogP contribution in [0.1, 0.15) is 12.6 Å². The Morgan fingerprint density at radius 1 is 1.67 bits per heavy atom. The van der Waals surface area contributed by atoms with Crippen molar-refractivity contribution in [1.29, 1.82) is 5.41 Å². The second kappa shape index (κ2) is 3.80. The van der Waals surface area contributed by atoms with Crippen LogP contribution in [-0.4, -0.2) is 17.5 Å². The van der Waals surface area contributed by atoms with Gasteiger partial charge in [0.15, 0.2) is 0 Å². The molecule has 0 bridgehead atoms. The fourth-order valence-corrected chi connectivity index (χ4v) is 0.728. The predicted octanol–water partition coefficient (Wildman–Crippen LogP) is 1.58. The van der Waals surface area contributed by atoms with Crippen molar-refractivity contribution in [3.63, 3.8) is 0 Å². The van der Waals surface area contributed by atoms with Crippen LogP contribution in [0.2, 0.25) is 0 Å². The Bertz CT molecular complexity index is 271. The molecule has 0 saturated carbocycles. The van der Waals surface area contributed by atoms with Crippen LogP contribution in [0.4, 0.5) is 4.39 Å². The summed E-state index contributed by atoms with van der Waals surface area (Å²) < 4.78 is 17.2. The molecule has 0 radical (unpaired) electrons. The van der Waals surface area contributed by atoms with Gasteiger partial charge in [0.25, 0.3) is 0 Å². The van der Waals surface area contributed by atoms with Gasteiger partial charge in [0.2, 0.25) is 5.90 Å². The van der Waals surface area contributed by atoms with Crippen molar-refractivity contribution in [3.05, 3.63) is 29.8 Å². The lowest BCUT2D eigenvalue weighted by Gasteiger charge is -2.02. The van der Waals surface area contributed by atoms with Crippen LogP contribution in [-0.2, 0) is 4.74 Å². The molecule has 1 aromatic rings. The summed E-state index contributed by atoms with van der Waals surface area (Å²) in [6, 6.07) is 2.66. The Balaban J connectivity index is 2.75. The molecule has 64 valence electrons. The van der Waals surface area contributed by atoms with E-state index in [0.717, 1.165) is 6.20 Å². The minimum absolute atomic E-state index is 0.0301. The summed E-state index contributed by atoms with van der Waals surface area (Å²) >= 11 is 0. The molecule has 0 aliphatic carbocycles. The highest BCUT2D eigenvalue weighted by Gasteiger charge is 2.02. The van der Waals surface area contributed by atoms with Gasteiger partial charge in [-0.25, -0.2) is 9.37 Å². The topological polar surface area (TPSA) is 46.0 Å². The number of hydrogen-bond acceptors (Lipinski definition) is 3.